The lowest BCUT2D eigenvalue weighted by Gasteiger charge is -2.27. The third-order valence-electron chi connectivity index (χ3n) is 6.02. The van der Waals surface area contributed by atoms with Crippen molar-refractivity contribution in [3.05, 3.63) is 27.8 Å². The zero-order chi connectivity index (χ0) is 26.7. The Kier molecular flexibility index (Phi) is 19.7. The molecule has 36 heavy (non-hydrogen) atoms. The summed E-state index contributed by atoms with van der Waals surface area (Å²) in [4.78, 5) is 12.4. The lowest BCUT2D eigenvalue weighted by Crippen LogP contribution is -2.56. The number of benzene rings is 1. The highest BCUT2D eigenvalue weighted by molar-refractivity contribution is 14.1. The number of thiocarbonyl (C=S) groups is 1. The van der Waals surface area contributed by atoms with E-state index < -0.39 is 9.96 Å². The Morgan fingerprint density at radius 3 is 1.69 bits per heavy atom. The number of unbranched alkanes of at least 4 members (excludes halogenated alkanes) is 14. The van der Waals surface area contributed by atoms with Crippen LogP contribution in [0, 0.1) is 3.57 Å². The fraction of sp³-hybridized carbons (Fsp3) is 0.704. The summed E-state index contributed by atoms with van der Waals surface area (Å²) in [5, 5.41) is 8.95. The van der Waals surface area contributed by atoms with Gasteiger partial charge in [0.2, 0.25) is 9.70 Å². The van der Waals surface area contributed by atoms with Crippen LogP contribution in [0.25, 0.3) is 0 Å². The second kappa shape index (κ2) is 20.9. The molecule has 9 heteroatoms. The number of halogens is 4. The Morgan fingerprint density at radius 2 is 1.25 bits per heavy atom. The Labute approximate surface area is 252 Å². The quantitative estimate of drug-likeness (QED) is 0.0445. The van der Waals surface area contributed by atoms with Crippen molar-refractivity contribution in [2.24, 2.45) is 0 Å². The van der Waals surface area contributed by atoms with Crippen LogP contribution in [0.3, 0.4) is 0 Å². The molecule has 0 spiro atoms. The second-order valence-corrected chi connectivity index (χ2v) is 13.4. The Balaban J connectivity index is 2.11. The summed E-state index contributed by atoms with van der Waals surface area (Å²) >= 11 is 25.8. The molecule has 0 saturated carbocycles. The monoisotopic (exact) mass is 689 g/mol. The average molecular weight is 691 g/mol. The number of hydrogen-bond donors (Lipinski definition) is 3. The Hall–Kier alpha value is -0.0200. The minimum Gasteiger partial charge on any atom is -0.339 e. The highest BCUT2D eigenvalue weighted by atomic mass is 127. The van der Waals surface area contributed by atoms with Crippen LogP contribution in [0.1, 0.15) is 110 Å². The SMILES string of the molecule is CCCCCCCCCCCCCCCCCC(=O)N[C@H](NC(=S)Nc1ccc(I)cc1)C(Cl)(Cl)Cl. The number of hydrogen-bond acceptors (Lipinski definition) is 2. The molecule has 206 valence electrons. The number of carbonyl (C=O) groups is 1. The number of rotatable bonds is 19. The molecular formula is C27H43Cl3IN3OS. The van der Waals surface area contributed by atoms with E-state index >= 15 is 0 Å². The van der Waals surface area contributed by atoms with Crippen molar-refractivity contribution in [1.29, 1.82) is 0 Å². The van der Waals surface area contributed by atoms with E-state index in [4.69, 9.17) is 47.0 Å². The normalized spacial score (nSPS) is 12.2. The zero-order valence-electron chi connectivity index (χ0n) is 21.5. The van der Waals surface area contributed by atoms with E-state index in [9.17, 15) is 4.79 Å². The third-order valence-corrected chi connectivity index (χ3v) is 7.61. The first-order valence-electron chi connectivity index (χ1n) is 13.4. The van der Waals surface area contributed by atoms with Gasteiger partial charge in [-0.2, -0.15) is 0 Å². The van der Waals surface area contributed by atoms with E-state index in [1.54, 1.807) is 0 Å². The van der Waals surface area contributed by atoms with E-state index in [0.29, 0.717) is 6.42 Å². The largest absolute Gasteiger partial charge is 0.339 e. The summed E-state index contributed by atoms with van der Waals surface area (Å²) in [7, 11) is 0. The zero-order valence-corrected chi connectivity index (χ0v) is 26.8. The van der Waals surface area contributed by atoms with Gasteiger partial charge in [-0.15, -0.1) is 0 Å². The first-order chi connectivity index (χ1) is 17.2. The summed E-state index contributed by atoms with van der Waals surface area (Å²) in [5.41, 5.74) is 0.806. The first kappa shape index (κ1) is 34.0. The number of carbonyl (C=O) groups excluding carboxylic acids is 1. The van der Waals surface area contributed by atoms with Crippen molar-refractivity contribution in [2.45, 2.75) is 120 Å². The van der Waals surface area contributed by atoms with Gasteiger partial charge in [-0.3, -0.25) is 4.79 Å². The maximum atomic E-state index is 12.4. The number of alkyl halides is 3. The van der Waals surface area contributed by atoms with Gasteiger partial charge in [0.15, 0.2) is 5.11 Å². The predicted molar refractivity (Wildman–Crippen MR) is 170 cm³/mol. The maximum absolute atomic E-state index is 12.4. The van der Waals surface area contributed by atoms with Gasteiger partial charge in [0.1, 0.15) is 6.17 Å². The lowest BCUT2D eigenvalue weighted by atomic mass is 10.0. The summed E-state index contributed by atoms with van der Waals surface area (Å²) in [6.45, 7) is 2.27. The highest BCUT2D eigenvalue weighted by Crippen LogP contribution is 2.29. The minimum atomic E-state index is -1.75. The minimum absolute atomic E-state index is 0.161. The van der Waals surface area contributed by atoms with E-state index in [2.05, 4.69) is 45.5 Å². The lowest BCUT2D eigenvalue weighted by molar-refractivity contribution is -0.122. The van der Waals surface area contributed by atoms with Crippen LogP contribution in [0.15, 0.2) is 24.3 Å². The maximum Gasteiger partial charge on any atom is 0.228 e. The molecule has 0 aliphatic rings. The van der Waals surface area contributed by atoms with Gasteiger partial charge in [-0.05, 0) is 65.5 Å². The van der Waals surface area contributed by atoms with Crippen molar-refractivity contribution in [3.8, 4) is 0 Å². The topological polar surface area (TPSA) is 53.2 Å². The van der Waals surface area contributed by atoms with Crippen LogP contribution in [0.4, 0.5) is 5.69 Å². The van der Waals surface area contributed by atoms with Crippen molar-refractivity contribution in [3.63, 3.8) is 0 Å². The molecule has 0 radical (unpaired) electrons. The molecule has 0 bridgehead atoms. The summed E-state index contributed by atoms with van der Waals surface area (Å²) < 4.78 is -0.634. The van der Waals surface area contributed by atoms with Crippen molar-refractivity contribution < 1.29 is 4.79 Å². The summed E-state index contributed by atoms with van der Waals surface area (Å²) in [6, 6.07) is 7.71. The van der Waals surface area contributed by atoms with E-state index in [-0.39, 0.29) is 11.0 Å². The Bertz CT molecular complexity index is 732. The van der Waals surface area contributed by atoms with Crippen LogP contribution >= 0.6 is 69.6 Å². The average Bonchev–Trinajstić information content (AvgIpc) is 2.82. The van der Waals surface area contributed by atoms with E-state index in [1.165, 1.54) is 77.0 Å². The molecule has 0 aromatic heterocycles. The molecule has 1 aromatic rings. The Morgan fingerprint density at radius 1 is 0.806 bits per heavy atom. The number of anilines is 1. The van der Waals surface area contributed by atoms with Gasteiger partial charge in [-0.1, -0.05) is 132 Å². The van der Waals surface area contributed by atoms with Gasteiger partial charge >= 0.3 is 0 Å². The fourth-order valence-electron chi connectivity index (χ4n) is 3.92. The number of amides is 1. The van der Waals surface area contributed by atoms with E-state index in [1.807, 2.05) is 24.3 Å². The first-order valence-corrected chi connectivity index (χ1v) is 16.0. The van der Waals surface area contributed by atoms with Gasteiger partial charge in [0.05, 0.1) is 0 Å². The van der Waals surface area contributed by atoms with Crippen LogP contribution in [0.5, 0.6) is 0 Å². The molecule has 4 nitrogen and oxygen atoms in total. The van der Waals surface area contributed by atoms with Crippen LogP contribution < -0.4 is 16.0 Å². The molecule has 0 aliphatic carbocycles. The van der Waals surface area contributed by atoms with Crippen molar-refractivity contribution >= 4 is 86.3 Å². The van der Waals surface area contributed by atoms with Crippen molar-refractivity contribution in [2.75, 3.05) is 5.32 Å². The van der Waals surface area contributed by atoms with Crippen LogP contribution in [0.2, 0.25) is 0 Å². The standard InChI is InChI=1S/C27H43Cl3IN3OS/c1-2-3-4-5-6-7-8-9-10-11-12-13-14-15-16-17-24(35)33-25(27(28,29)30)34-26(36)32-23-20-18-22(31)19-21-23/h18-21,25H,2-17H2,1H3,(H,33,35)(H2,32,34,36)/t25-/m1/s1. The van der Waals surface area contributed by atoms with Crippen LogP contribution in [-0.2, 0) is 4.79 Å². The molecule has 0 heterocycles. The second-order valence-electron chi connectivity index (χ2n) is 9.35. The smallest absolute Gasteiger partial charge is 0.228 e. The highest BCUT2D eigenvalue weighted by Gasteiger charge is 2.34. The molecule has 0 unspecified atom stereocenters. The molecule has 1 rings (SSSR count). The molecule has 1 aromatic carbocycles. The fourth-order valence-corrected chi connectivity index (χ4v) is 4.84. The third kappa shape index (κ3) is 18.3. The van der Waals surface area contributed by atoms with Gasteiger partial charge in [0.25, 0.3) is 0 Å². The molecule has 0 aliphatic heterocycles. The predicted octanol–water partition coefficient (Wildman–Crippen LogP) is 9.65. The van der Waals surface area contributed by atoms with E-state index in [0.717, 1.165) is 28.5 Å². The molecular weight excluding hydrogens is 648 g/mol. The molecule has 0 fully saturated rings. The van der Waals surface area contributed by atoms with Gasteiger partial charge in [0, 0.05) is 15.7 Å². The van der Waals surface area contributed by atoms with Crippen LogP contribution in [-0.4, -0.2) is 21.0 Å². The molecule has 1 atom stereocenters. The molecule has 0 saturated heterocycles. The van der Waals surface area contributed by atoms with Gasteiger partial charge in [-0.25, -0.2) is 0 Å². The molecule has 3 N–H and O–H groups in total. The van der Waals surface area contributed by atoms with Crippen molar-refractivity contribution in [1.82, 2.24) is 10.6 Å². The van der Waals surface area contributed by atoms with Gasteiger partial charge < -0.3 is 16.0 Å². The summed E-state index contributed by atoms with van der Waals surface area (Å²) in [5.74, 6) is -0.161. The number of nitrogens with one attached hydrogen (secondary N) is 3. The molecule has 1 amide bonds. The summed E-state index contributed by atoms with van der Waals surface area (Å²) in [6.07, 6.45) is 18.7.